The van der Waals surface area contributed by atoms with Crippen LogP contribution in [-0.2, 0) is 4.74 Å². The lowest BCUT2D eigenvalue weighted by molar-refractivity contribution is 0.122. The molecule has 3 aromatic rings. The van der Waals surface area contributed by atoms with Gasteiger partial charge in [0.2, 0.25) is 5.95 Å². The molecule has 0 amide bonds. The molecule has 4 heterocycles. The zero-order chi connectivity index (χ0) is 18.9. The van der Waals surface area contributed by atoms with E-state index in [0.717, 1.165) is 53.6 Å². The smallest absolute Gasteiger partial charge is 0.225 e. The SMILES string of the molecule is ClC1C=CC(n2c(-c3cnc(N4CCOCC4)nc3)nc3ccncc32)=CC1. The number of nitrogens with zero attached hydrogens (tertiary/aromatic N) is 6. The predicted octanol–water partition coefficient (Wildman–Crippen LogP) is 3.13. The van der Waals surface area contributed by atoms with Crippen LogP contribution in [0.4, 0.5) is 5.95 Å². The van der Waals surface area contributed by atoms with E-state index in [1.807, 2.05) is 36.8 Å². The van der Waals surface area contributed by atoms with Crippen LogP contribution in [0.3, 0.4) is 0 Å². The number of ether oxygens (including phenoxy) is 1. The molecule has 1 aliphatic heterocycles. The summed E-state index contributed by atoms with van der Waals surface area (Å²) in [5.74, 6) is 1.51. The highest BCUT2D eigenvalue weighted by Gasteiger charge is 2.19. The number of anilines is 1. The van der Waals surface area contributed by atoms with Crippen LogP contribution in [0.25, 0.3) is 28.1 Å². The van der Waals surface area contributed by atoms with Gasteiger partial charge in [-0.05, 0) is 18.6 Å². The van der Waals surface area contributed by atoms with E-state index in [2.05, 4.69) is 30.5 Å². The van der Waals surface area contributed by atoms with Crippen molar-refractivity contribution in [3.05, 3.63) is 49.1 Å². The first-order valence-corrected chi connectivity index (χ1v) is 9.73. The third-order valence-electron chi connectivity index (χ3n) is 4.93. The molecule has 1 aliphatic carbocycles. The highest BCUT2D eigenvalue weighted by molar-refractivity contribution is 6.22. The van der Waals surface area contributed by atoms with Crippen molar-refractivity contribution >= 4 is 34.3 Å². The Labute approximate surface area is 167 Å². The maximum absolute atomic E-state index is 6.21. The second-order valence-electron chi connectivity index (χ2n) is 6.75. The fourth-order valence-electron chi connectivity index (χ4n) is 3.49. The van der Waals surface area contributed by atoms with E-state index < -0.39 is 0 Å². The molecule has 7 nitrogen and oxygen atoms in total. The fraction of sp³-hybridized carbons (Fsp3) is 0.300. The van der Waals surface area contributed by atoms with Gasteiger partial charge in [-0.25, -0.2) is 15.0 Å². The van der Waals surface area contributed by atoms with Crippen LogP contribution in [0.5, 0.6) is 0 Å². The average Bonchev–Trinajstić information content (AvgIpc) is 3.15. The number of morpholine rings is 1. The number of halogens is 1. The topological polar surface area (TPSA) is 69.0 Å². The number of allylic oxidation sites excluding steroid dienone is 4. The standard InChI is InChI=1S/C20H19ClN6O/c21-15-1-3-16(4-2-15)27-18-13-22-6-5-17(18)25-19(27)14-11-23-20(24-12-14)26-7-9-28-10-8-26/h1,3-6,11-13,15H,2,7-10H2. The van der Waals surface area contributed by atoms with E-state index >= 15 is 0 Å². The lowest BCUT2D eigenvalue weighted by Gasteiger charge is -2.26. The van der Waals surface area contributed by atoms with E-state index in [9.17, 15) is 0 Å². The first kappa shape index (κ1) is 17.3. The third-order valence-corrected chi connectivity index (χ3v) is 5.26. The molecule has 0 N–H and O–H groups in total. The van der Waals surface area contributed by atoms with Crippen LogP contribution in [0.2, 0.25) is 0 Å². The van der Waals surface area contributed by atoms with Crippen LogP contribution in [-0.4, -0.2) is 56.2 Å². The fourth-order valence-corrected chi connectivity index (χ4v) is 3.65. The van der Waals surface area contributed by atoms with Crippen LogP contribution in [0.15, 0.2) is 49.1 Å². The Balaban J connectivity index is 1.57. The number of rotatable bonds is 3. The second-order valence-corrected chi connectivity index (χ2v) is 7.31. The van der Waals surface area contributed by atoms with Crippen LogP contribution in [0.1, 0.15) is 6.42 Å². The number of fused-ring (bicyclic) bond motifs is 1. The molecule has 0 aromatic carbocycles. The third kappa shape index (κ3) is 3.16. The molecule has 1 fully saturated rings. The molecular formula is C20H19ClN6O. The Morgan fingerprint density at radius 2 is 1.93 bits per heavy atom. The summed E-state index contributed by atoms with van der Waals surface area (Å²) >= 11 is 6.21. The Hall–Kier alpha value is -2.77. The predicted molar refractivity (Wildman–Crippen MR) is 109 cm³/mol. The Morgan fingerprint density at radius 1 is 1.11 bits per heavy atom. The number of pyridine rings is 1. The van der Waals surface area contributed by atoms with Crippen molar-refractivity contribution in [2.24, 2.45) is 0 Å². The van der Waals surface area contributed by atoms with Crippen molar-refractivity contribution < 1.29 is 4.74 Å². The summed E-state index contributed by atoms with van der Waals surface area (Å²) in [6.07, 6.45) is 14.2. The highest BCUT2D eigenvalue weighted by Crippen LogP contribution is 2.30. The minimum atomic E-state index is 0.0243. The molecule has 0 radical (unpaired) electrons. The number of imidazole rings is 1. The summed E-state index contributed by atoms with van der Waals surface area (Å²) in [6, 6.07) is 1.91. The van der Waals surface area contributed by atoms with E-state index in [-0.39, 0.29) is 5.38 Å². The summed E-state index contributed by atoms with van der Waals surface area (Å²) in [7, 11) is 0. The van der Waals surface area contributed by atoms with E-state index in [1.54, 1.807) is 6.20 Å². The minimum Gasteiger partial charge on any atom is -0.378 e. The summed E-state index contributed by atoms with van der Waals surface area (Å²) in [4.78, 5) is 20.4. The van der Waals surface area contributed by atoms with Gasteiger partial charge in [-0.15, -0.1) is 11.6 Å². The first-order valence-electron chi connectivity index (χ1n) is 9.30. The van der Waals surface area contributed by atoms with Crippen molar-refractivity contribution in [2.45, 2.75) is 11.8 Å². The molecule has 8 heteroatoms. The summed E-state index contributed by atoms with van der Waals surface area (Å²) in [6.45, 7) is 3.02. The van der Waals surface area contributed by atoms with E-state index in [0.29, 0.717) is 13.2 Å². The van der Waals surface area contributed by atoms with Gasteiger partial charge in [-0.2, -0.15) is 0 Å². The maximum Gasteiger partial charge on any atom is 0.225 e. The average molecular weight is 395 g/mol. The molecule has 1 unspecified atom stereocenters. The molecule has 1 saturated heterocycles. The Bertz CT molecular complexity index is 1050. The van der Waals surface area contributed by atoms with Crippen LogP contribution in [0, 0.1) is 0 Å². The molecule has 1 atom stereocenters. The van der Waals surface area contributed by atoms with Gasteiger partial charge < -0.3 is 9.64 Å². The normalized spacial score (nSPS) is 19.8. The molecule has 0 bridgehead atoms. The van der Waals surface area contributed by atoms with Gasteiger partial charge >= 0.3 is 0 Å². The van der Waals surface area contributed by atoms with Crippen LogP contribution < -0.4 is 4.90 Å². The molecule has 28 heavy (non-hydrogen) atoms. The first-order chi connectivity index (χ1) is 13.8. The Kier molecular flexibility index (Phi) is 4.54. The molecule has 0 spiro atoms. The number of hydrogen-bond donors (Lipinski definition) is 0. The van der Waals surface area contributed by atoms with E-state index in [1.165, 1.54) is 0 Å². The minimum absolute atomic E-state index is 0.0243. The molecule has 2 aliphatic rings. The van der Waals surface area contributed by atoms with Crippen molar-refractivity contribution in [3.8, 4) is 11.4 Å². The summed E-state index contributed by atoms with van der Waals surface area (Å²) in [5.41, 5.74) is 3.71. The molecule has 5 rings (SSSR count). The zero-order valence-electron chi connectivity index (χ0n) is 15.2. The van der Waals surface area contributed by atoms with Crippen molar-refractivity contribution in [1.82, 2.24) is 24.5 Å². The van der Waals surface area contributed by atoms with Gasteiger partial charge in [0, 0.05) is 37.4 Å². The number of alkyl halides is 1. The lowest BCUT2D eigenvalue weighted by atomic mass is 10.1. The molecule has 3 aromatic heterocycles. The lowest BCUT2D eigenvalue weighted by Crippen LogP contribution is -2.37. The van der Waals surface area contributed by atoms with E-state index in [4.69, 9.17) is 21.3 Å². The van der Waals surface area contributed by atoms with Gasteiger partial charge in [-0.3, -0.25) is 9.55 Å². The maximum atomic E-state index is 6.21. The van der Waals surface area contributed by atoms with Crippen molar-refractivity contribution in [1.29, 1.82) is 0 Å². The quantitative estimate of drug-likeness (QED) is 0.636. The Morgan fingerprint density at radius 3 is 2.68 bits per heavy atom. The molecule has 142 valence electrons. The summed E-state index contributed by atoms with van der Waals surface area (Å²) < 4.78 is 7.49. The van der Waals surface area contributed by atoms with Gasteiger partial charge in [0.1, 0.15) is 5.82 Å². The molecular weight excluding hydrogens is 376 g/mol. The monoisotopic (exact) mass is 394 g/mol. The zero-order valence-corrected chi connectivity index (χ0v) is 16.0. The van der Waals surface area contributed by atoms with Crippen LogP contribution >= 0.6 is 11.6 Å². The number of hydrogen-bond acceptors (Lipinski definition) is 6. The van der Waals surface area contributed by atoms with Gasteiger partial charge in [0.05, 0.1) is 41.4 Å². The summed E-state index contributed by atoms with van der Waals surface area (Å²) in [5, 5.41) is 0.0243. The van der Waals surface area contributed by atoms with Crippen molar-refractivity contribution in [3.63, 3.8) is 0 Å². The van der Waals surface area contributed by atoms with Crippen molar-refractivity contribution in [2.75, 3.05) is 31.2 Å². The molecule has 0 saturated carbocycles. The van der Waals surface area contributed by atoms with Gasteiger partial charge in [0.25, 0.3) is 0 Å². The second kappa shape index (κ2) is 7.33. The highest BCUT2D eigenvalue weighted by atomic mass is 35.5. The largest absolute Gasteiger partial charge is 0.378 e. The van der Waals surface area contributed by atoms with Gasteiger partial charge in [-0.1, -0.05) is 12.2 Å². The number of aromatic nitrogens is 5. The van der Waals surface area contributed by atoms with Gasteiger partial charge in [0.15, 0.2) is 0 Å².